The molecule has 3 heteroatoms. The Labute approximate surface area is 138 Å². The van der Waals surface area contributed by atoms with Gasteiger partial charge in [0.15, 0.2) is 0 Å². The van der Waals surface area contributed by atoms with E-state index in [0.717, 1.165) is 38.0 Å². The van der Waals surface area contributed by atoms with Crippen LogP contribution in [0.3, 0.4) is 0 Å². The first-order chi connectivity index (χ1) is 11.2. The molecule has 2 aromatic rings. The van der Waals surface area contributed by atoms with Crippen molar-refractivity contribution in [1.29, 1.82) is 0 Å². The van der Waals surface area contributed by atoms with E-state index in [9.17, 15) is 4.79 Å². The predicted octanol–water partition coefficient (Wildman–Crippen LogP) is 5.04. The molecule has 0 spiro atoms. The molecule has 0 aromatic heterocycles. The van der Waals surface area contributed by atoms with Crippen LogP contribution >= 0.6 is 0 Å². The topological polar surface area (TPSA) is 35.5 Å². The Morgan fingerprint density at radius 1 is 0.957 bits per heavy atom. The fraction of sp³-hybridized carbons (Fsp3) is 0.450. The van der Waals surface area contributed by atoms with Crippen molar-refractivity contribution < 1.29 is 14.3 Å². The first-order valence-corrected chi connectivity index (χ1v) is 8.48. The second kappa shape index (κ2) is 9.19. The zero-order valence-electron chi connectivity index (χ0n) is 14.1. The highest BCUT2D eigenvalue weighted by Gasteiger charge is 2.01. The zero-order chi connectivity index (χ0) is 16.5. The molecule has 0 amide bonds. The summed E-state index contributed by atoms with van der Waals surface area (Å²) in [5.41, 5.74) is 1.27. The Bertz CT molecular complexity index is 634. The average Bonchev–Trinajstić information content (AvgIpc) is 2.54. The van der Waals surface area contributed by atoms with Crippen molar-refractivity contribution in [3.8, 4) is 5.75 Å². The van der Waals surface area contributed by atoms with Gasteiger partial charge in [0.25, 0.3) is 0 Å². The van der Waals surface area contributed by atoms with Crippen molar-refractivity contribution in [2.45, 2.75) is 46.0 Å². The molecular formula is C20H26O3. The van der Waals surface area contributed by atoms with Crippen LogP contribution in [0.4, 0.5) is 0 Å². The zero-order valence-corrected chi connectivity index (χ0v) is 14.1. The van der Waals surface area contributed by atoms with Crippen molar-refractivity contribution in [1.82, 2.24) is 0 Å². The Balaban J connectivity index is 1.65. The molecular weight excluding hydrogens is 288 g/mol. The van der Waals surface area contributed by atoms with Gasteiger partial charge in [-0.25, -0.2) is 0 Å². The number of unbranched alkanes of at least 4 members (excludes halogenated alkanes) is 3. The lowest BCUT2D eigenvalue weighted by atomic mass is 10.1. The van der Waals surface area contributed by atoms with E-state index in [1.54, 1.807) is 0 Å². The molecule has 0 aliphatic rings. The normalized spacial score (nSPS) is 10.7. The number of carbonyl (C=O) groups excluding carboxylic acids is 1. The Morgan fingerprint density at radius 2 is 1.70 bits per heavy atom. The van der Waals surface area contributed by atoms with E-state index >= 15 is 0 Å². The second-order valence-electron chi connectivity index (χ2n) is 5.83. The van der Waals surface area contributed by atoms with Gasteiger partial charge in [0.05, 0.1) is 13.2 Å². The third kappa shape index (κ3) is 5.93. The van der Waals surface area contributed by atoms with E-state index in [4.69, 9.17) is 9.47 Å². The predicted molar refractivity (Wildman–Crippen MR) is 93.9 cm³/mol. The van der Waals surface area contributed by atoms with Gasteiger partial charge in [-0.15, -0.1) is 0 Å². The van der Waals surface area contributed by atoms with Gasteiger partial charge < -0.3 is 9.47 Å². The van der Waals surface area contributed by atoms with Crippen LogP contribution < -0.4 is 4.74 Å². The fourth-order valence-corrected chi connectivity index (χ4v) is 2.58. The lowest BCUT2D eigenvalue weighted by molar-refractivity contribution is -0.143. The molecule has 0 N–H and O–H groups in total. The van der Waals surface area contributed by atoms with Crippen LogP contribution in [-0.4, -0.2) is 19.2 Å². The summed E-state index contributed by atoms with van der Waals surface area (Å²) in [6.07, 6.45) is 4.55. The number of hydrogen-bond acceptors (Lipinski definition) is 3. The second-order valence-corrected chi connectivity index (χ2v) is 5.83. The smallest absolute Gasteiger partial charge is 0.305 e. The van der Waals surface area contributed by atoms with E-state index in [1.165, 1.54) is 16.3 Å². The van der Waals surface area contributed by atoms with Crippen molar-refractivity contribution in [3.63, 3.8) is 0 Å². The highest BCUT2D eigenvalue weighted by atomic mass is 16.5. The van der Waals surface area contributed by atoms with Crippen LogP contribution in [0.2, 0.25) is 0 Å². The first kappa shape index (κ1) is 17.3. The number of carbonyl (C=O) groups is 1. The van der Waals surface area contributed by atoms with Gasteiger partial charge >= 0.3 is 5.97 Å². The van der Waals surface area contributed by atoms with E-state index in [-0.39, 0.29) is 5.97 Å². The van der Waals surface area contributed by atoms with E-state index in [0.29, 0.717) is 13.0 Å². The number of aryl methyl sites for hydroxylation is 1. The molecule has 124 valence electrons. The van der Waals surface area contributed by atoms with Crippen molar-refractivity contribution in [2.24, 2.45) is 0 Å². The molecule has 23 heavy (non-hydrogen) atoms. The Kier molecular flexibility index (Phi) is 6.92. The minimum Gasteiger partial charge on any atom is -0.494 e. The van der Waals surface area contributed by atoms with Crippen LogP contribution in [0.25, 0.3) is 10.8 Å². The summed E-state index contributed by atoms with van der Waals surface area (Å²) in [7, 11) is 0. The quantitative estimate of drug-likeness (QED) is 0.480. The lowest BCUT2D eigenvalue weighted by Gasteiger charge is -2.08. The van der Waals surface area contributed by atoms with Crippen LogP contribution in [0.5, 0.6) is 5.75 Å². The van der Waals surface area contributed by atoms with Gasteiger partial charge in [0.1, 0.15) is 5.75 Å². The molecule has 2 rings (SSSR count). The molecule has 0 saturated carbocycles. The SMILES string of the molecule is CCOC(=O)CCCCCCOc1ccc2cc(C)ccc2c1. The molecule has 0 radical (unpaired) electrons. The molecule has 0 aliphatic heterocycles. The average molecular weight is 314 g/mol. The van der Waals surface area contributed by atoms with Crippen LogP contribution in [0.1, 0.15) is 44.6 Å². The third-order valence-electron chi connectivity index (χ3n) is 3.82. The van der Waals surface area contributed by atoms with Crippen LogP contribution in [-0.2, 0) is 9.53 Å². The van der Waals surface area contributed by atoms with Gasteiger partial charge in [-0.05, 0) is 49.6 Å². The van der Waals surface area contributed by atoms with E-state index in [2.05, 4.69) is 37.3 Å². The van der Waals surface area contributed by atoms with Crippen molar-refractivity contribution >= 4 is 16.7 Å². The molecule has 0 atom stereocenters. The van der Waals surface area contributed by atoms with Gasteiger partial charge in [0.2, 0.25) is 0 Å². The molecule has 0 fully saturated rings. The van der Waals surface area contributed by atoms with Gasteiger partial charge in [-0.2, -0.15) is 0 Å². The molecule has 0 heterocycles. The maximum Gasteiger partial charge on any atom is 0.305 e. The summed E-state index contributed by atoms with van der Waals surface area (Å²) in [6.45, 7) is 5.13. The first-order valence-electron chi connectivity index (χ1n) is 8.48. The highest BCUT2D eigenvalue weighted by Crippen LogP contribution is 2.22. The number of esters is 1. The number of benzene rings is 2. The summed E-state index contributed by atoms with van der Waals surface area (Å²) in [5, 5.41) is 2.46. The van der Waals surface area contributed by atoms with Gasteiger partial charge in [0, 0.05) is 6.42 Å². The summed E-state index contributed by atoms with van der Waals surface area (Å²) >= 11 is 0. The monoisotopic (exact) mass is 314 g/mol. The molecule has 0 saturated heterocycles. The maximum absolute atomic E-state index is 11.2. The summed E-state index contributed by atoms with van der Waals surface area (Å²) in [5.74, 6) is 0.836. The largest absolute Gasteiger partial charge is 0.494 e. The minimum absolute atomic E-state index is 0.0878. The standard InChI is InChI=1S/C20H26O3/c1-3-22-20(21)8-6-4-5-7-13-23-19-12-11-17-14-16(2)9-10-18(17)15-19/h9-12,14-15H,3-8,13H2,1-2H3. The molecule has 0 bridgehead atoms. The summed E-state index contributed by atoms with van der Waals surface area (Å²) in [6, 6.07) is 12.7. The van der Waals surface area contributed by atoms with Gasteiger partial charge in [-0.3, -0.25) is 4.79 Å². The number of hydrogen-bond donors (Lipinski definition) is 0. The van der Waals surface area contributed by atoms with Crippen molar-refractivity contribution in [2.75, 3.05) is 13.2 Å². The molecule has 0 aliphatic carbocycles. The third-order valence-corrected chi connectivity index (χ3v) is 3.82. The Morgan fingerprint density at radius 3 is 2.52 bits per heavy atom. The number of fused-ring (bicyclic) bond motifs is 1. The molecule has 3 nitrogen and oxygen atoms in total. The Hall–Kier alpha value is -2.03. The summed E-state index contributed by atoms with van der Waals surface area (Å²) < 4.78 is 10.7. The van der Waals surface area contributed by atoms with E-state index in [1.807, 2.05) is 13.0 Å². The lowest BCUT2D eigenvalue weighted by Crippen LogP contribution is -2.03. The van der Waals surface area contributed by atoms with Crippen LogP contribution in [0.15, 0.2) is 36.4 Å². The summed E-state index contributed by atoms with van der Waals surface area (Å²) in [4.78, 5) is 11.2. The molecule has 0 unspecified atom stereocenters. The maximum atomic E-state index is 11.2. The van der Waals surface area contributed by atoms with Crippen molar-refractivity contribution in [3.05, 3.63) is 42.0 Å². The van der Waals surface area contributed by atoms with Crippen LogP contribution in [0, 0.1) is 6.92 Å². The minimum atomic E-state index is -0.0878. The van der Waals surface area contributed by atoms with Gasteiger partial charge in [-0.1, -0.05) is 42.7 Å². The van der Waals surface area contributed by atoms with E-state index < -0.39 is 0 Å². The number of ether oxygens (including phenoxy) is 2. The number of rotatable bonds is 9. The molecule has 2 aromatic carbocycles. The highest BCUT2D eigenvalue weighted by molar-refractivity contribution is 5.84. The fourth-order valence-electron chi connectivity index (χ4n) is 2.58.